The Bertz CT molecular complexity index is 1140. The fourth-order valence-corrected chi connectivity index (χ4v) is 4.09. The number of thiophene rings is 1. The van der Waals surface area contributed by atoms with Crippen LogP contribution in [-0.2, 0) is 16.1 Å². The Kier molecular flexibility index (Phi) is 4.17. The van der Waals surface area contributed by atoms with Crippen LogP contribution in [0.5, 0.6) is 0 Å². The molecule has 0 saturated carbocycles. The van der Waals surface area contributed by atoms with Crippen molar-refractivity contribution in [3.63, 3.8) is 0 Å². The summed E-state index contributed by atoms with van der Waals surface area (Å²) in [5.74, 6) is -0.466. The van der Waals surface area contributed by atoms with Crippen molar-refractivity contribution in [1.29, 1.82) is 0 Å². The predicted octanol–water partition coefficient (Wildman–Crippen LogP) is 3.73. The number of aromatic nitrogens is 2. The molecule has 3 aromatic heterocycles. The van der Waals surface area contributed by atoms with E-state index < -0.39 is 5.97 Å². The normalized spacial score (nSPS) is 11.5. The summed E-state index contributed by atoms with van der Waals surface area (Å²) in [6, 6.07) is 12.9. The Balaban J connectivity index is 1.55. The summed E-state index contributed by atoms with van der Waals surface area (Å²) >= 11 is 2.97. The average Bonchev–Trinajstić information content (AvgIpc) is 3.25. The second-order valence-corrected chi connectivity index (χ2v) is 7.22. The van der Waals surface area contributed by atoms with Gasteiger partial charge in [0.25, 0.3) is 5.56 Å². The SMILES string of the molecule is O=C(C=Cc1cccs1)OCc1cc(=O)n2c(n1)sc1ccccc12. The second kappa shape index (κ2) is 6.62. The van der Waals surface area contributed by atoms with E-state index in [1.54, 1.807) is 10.5 Å². The highest BCUT2D eigenvalue weighted by atomic mass is 32.1. The van der Waals surface area contributed by atoms with Crippen molar-refractivity contribution in [3.05, 3.63) is 74.8 Å². The Hall–Kier alpha value is -2.77. The van der Waals surface area contributed by atoms with E-state index in [0.717, 1.165) is 15.1 Å². The van der Waals surface area contributed by atoms with Gasteiger partial charge in [0.2, 0.25) is 0 Å². The van der Waals surface area contributed by atoms with Gasteiger partial charge in [-0.1, -0.05) is 29.5 Å². The van der Waals surface area contributed by atoms with Crippen LogP contribution >= 0.6 is 22.7 Å². The Morgan fingerprint density at radius 2 is 2.12 bits per heavy atom. The summed E-state index contributed by atoms with van der Waals surface area (Å²) in [5.41, 5.74) is 1.10. The minimum atomic E-state index is -0.466. The number of rotatable bonds is 4. The maximum absolute atomic E-state index is 12.4. The first kappa shape index (κ1) is 15.7. The molecule has 0 N–H and O–H groups in total. The van der Waals surface area contributed by atoms with Gasteiger partial charge in [-0.05, 0) is 29.7 Å². The van der Waals surface area contributed by atoms with E-state index in [9.17, 15) is 9.59 Å². The van der Waals surface area contributed by atoms with Crippen molar-refractivity contribution in [2.75, 3.05) is 0 Å². The minimum absolute atomic E-state index is 0.0341. The Morgan fingerprint density at radius 1 is 1.24 bits per heavy atom. The molecule has 0 unspecified atom stereocenters. The lowest BCUT2D eigenvalue weighted by Gasteiger charge is -2.02. The van der Waals surface area contributed by atoms with Crippen LogP contribution in [0.4, 0.5) is 0 Å². The number of thiazole rings is 1. The van der Waals surface area contributed by atoms with Crippen molar-refractivity contribution in [2.45, 2.75) is 6.61 Å². The third-order valence-electron chi connectivity index (χ3n) is 3.54. The highest BCUT2D eigenvalue weighted by Crippen LogP contribution is 2.23. The van der Waals surface area contributed by atoms with Gasteiger partial charge in [-0.3, -0.25) is 9.20 Å². The van der Waals surface area contributed by atoms with Gasteiger partial charge >= 0.3 is 5.97 Å². The van der Waals surface area contributed by atoms with Crippen LogP contribution < -0.4 is 5.56 Å². The molecule has 0 aliphatic rings. The van der Waals surface area contributed by atoms with Gasteiger partial charge in [0.05, 0.1) is 15.9 Å². The van der Waals surface area contributed by atoms with E-state index >= 15 is 0 Å². The molecule has 25 heavy (non-hydrogen) atoms. The smallest absolute Gasteiger partial charge is 0.331 e. The van der Waals surface area contributed by atoms with E-state index in [-0.39, 0.29) is 12.2 Å². The molecule has 0 aliphatic carbocycles. The predicted molar refractivity (Wildman–Crippen MR) is 100.0 cm³/mol. The van der Waals surface area contributed by atoms with Crippen molar-refractivity contribution >= 4 is 49.9 Å². The molecule has 0 amide bonds. The maximum atomic E-state index is 12.4. The second-order valence-electron chi connectivity index (χ2n) is 5.23. The molecule has 5 nitrogen and oxygen atoms in total. The zero-order valence-corrected chi connectivity index (χ0v) is 14.5. The van der Waals surface area contributed by atoms with Gasteiger partial charge in [-0.2, -0.15) is 0 Å². The summed E-state index contributed by atoms with van der Waals surface area (Å²) in [5, 5.41) is 1.93. The zero-order valence-electron chi connectivity index (χ0n) is 12.9. The largest absolute Gasteiger partial charge is 0.456 e. The monoisotopic (exact) mass is 368 g/mol. The van der Waals surface area contributed by atoms with E-state index in [2.05, 4.69) is 4.98 Å². The molecule has 0 fully saturated rings. The lowest BCUT2D eigenvalue weighted by molar-refractivity contribution is -0.139. The van der Waals surface area contributed by atoms with Crippen LogP contribution in [0.3, 0.4) is 0 Å². The van der Waals surface area contributed by atoms with Gasteiger partial charge in [0.15, 0.2) is 4.96 Å². The van der Waals surface area contributed by atoms with Crippen LogP contribution in [0.2, 0.25) is 0 Å². The summed E-state index contributed by atoms with van der Waals surface area (Å²) < 4.78 is 7.73. The van der Waals surface area contributed by atoms with E-state index in [1.165, 1.54) is 34.8 Å². The third kappa shape index (κ3) is 3.24. The van der Waals surface area contributed by atoms with Crippen molar-refractivity contribution < 1.29 is 9.53 Å². The number of esters is 1. The van der Waals surface area contributed by atoms with Crippen LogP contribution in [0, 0.1) is 0 Å². The maximum Gasteiger partial charge on any atom is 0.331 e. The molecule has 124 valence electrons. The fourth-order valence-electron chi connectivity index (χ4n) is 2.43. The molecule has 4 rings (SSSR count). The number of carbonyl (C=O) groups is 1. The molecule has 7 heteroatoms. The zero-order chi connectivity index (χ0) is 17.2. The number of benzene rings is 1. The number of fused-ring (bicyclic) bond motifs is 3. The van der Waals surface area contributed by atoms with Crippen LogP contribution in [0.1, 0.15) is 10.6 Å². The van der Waals surface area contributed by atoms with Gasteiger partial charge < -0.3 is 4.74 Å². The van der Waals surface area contributed by atoms with Gasteiger partial charge in [0.1, 0.15) is 6.61 Å². The van der Waals surface area contributed by atoms with Gasteiger partial charge in [-0.25, -0.2) is 9.78 Å². The highest BCUT2D eigenvalue weighted by Gasteiger charge is 2.10. The third-order valence-corrected chi connectivity index (χ3v) is 5.40. The number of carbonyl (C=O) groups excluding carboxylic acids is 1. The van der Waals surface area contributed by atoms with Crippen molar-refractivity contribution in [2.24, 2.45) is 0 Å². The Labute approximate surface area is 150 Å². The van der Waals surface area contributed by atoms with Crippen LogP contribution in [0.25, 0.3) is 21.3 Å². The van der Waals surface area contributed by atoms with Gasteiger partial charge in [0, 0.05) is 17.0 Å². The molecule has 0 radical (unpaired) electrons. The first-order chi connectivity index (χ1) is 12.2. The molecule has 0 saturated heterocycles. The molecule has 0 atom stereocenters. The quantitative estimate of drug-likeness (QED) is 0.407. The van der Waals surface area contributed by atoms with Crippen molar-refractivity contribution in [1.82, 2.24) is 9.38 Å². The Morgan fingerprint density at radius 3 is 2.96 bits per heavy atom. The van der Waals surface area contributed by atoms with E-state index in [1.807, 2.05) is 41.8 Å². The van der Waals surface area contributed by atoms with Gasteiger partial charge in [-0.15, -0.1) is 11.3 Å². The molecule has 3 heterocycles. The molecule has 0 bridgehead atoms. The average molecular weight is 368 g/mol. The molecular weight excluding hydrogens is 356 g/mol. The minimum Gasteiger partial charge on any atom is -0.456 e. The first-order valence-electron chi connectivity index (χ1n) is 7.49. The molecule has 4 aromatic rings. The lowest BCUT2D eigenvalue weighted by atomic mass is 10.3. The van der Waals surface area contributed by atoms with E-state index in [0.29, 0.717) is 10.7 Å². The standard InChI is InChI=1S/C18H12N2O3S2/c21-16-10-12(11-23-17(22)8-7-13-4-3-9-24-13)19-18-20(16)14-5-1-2-6-15(14)25-18/h1-10H,11H2. The van der Waals surface area contributed by atoms with E-state index in [4.69, 9.17) is 4.74 Å². The first-order valence-corrected chi connectivity index (χ1v) is 9.19. The summed E-state index contributed by atoms with van der Waals surface area (Å²) in [6.07, 6.45) is 3.07. The number of nitrogens with zero attached hydrogens (tertiary/aromatic N) is 2. The fraction of sp³-hybridized carbons (Fsp3) is 0.0556. The summed E-state index contributed by atoms with van der Waals surface area (Å²) in [4.78, 5) is 30.2. The molecular formula is C18H12N2O3S2. The number of ether oxygens (including phenoxy) is 1. The number of hydrogen-bond acceptors (Lipinski definition) is 6. The summed E-state index contributed by atoms with van der Waals surface area (Å²) in [6.45, 7) is -0.0341. The number of hydrogen-bond donors (Lipinski definition) is 0. The topological polar surface area (TPSA) is 60.7 Å². The van der Waals surface area contributed by atoms with Crippen LogP contribution in [-0.4, -0.2) is 15.4 Å². The van der Waals surface area contributed by atoms with Crippen LogP contribution in [0.15, 0.2) is 58.7 Å². The lowest BCUT2D eigenvalue weighted by Crippen LogP contribution is -2.14. The highest BCUT2D eigenvalue weighted by molar-refractivity contribution is 7.23. The summed E-state index contributed by atoms with van der Waals surface area (Å²) in [7, 11) is 0. The molecule has 0 spiro atoms. The molecule has 0 aliphatic heterocycles. The van der Waals surface area contributed by atoms with Crippen molar-refractivity contribution in [3.8, 4) is 0 Å². The number of para-hydroxylation sites is 1. The molecule has 1 aromatic carbocycles.